The van der Waals surface area contributed by atoms with Crippen LogP contribution in [0.5, 0.6) is 0 Å². The fourth-order valence-corrected chi connectivity index (χ4v) is 7.12. The van der Waals surface area contributed by atoms with Gasteiger partial charge in [0.15, 0.2) is 11.3 Å². The standard InChI is InChI=1S/C31H32F5N9O4/c32-30(33)7-5-17(6-8-30)23(40-26(46)25-24(16-1-2-16)43-49-44-25)19-14-45-21(38-19)9-15(13-37-45)10-29(11-20(31(34,35)36)39-28(29)47)12-22-41-42-27(48-22)18-3-4-18/h9,13-14,16-18,20,23H,1-8,10-12H2,(H,39,47)(H,40,46)/t20-,23-,29-/m0/s1. The first-order valence-corrected chi connectivity index (χ1v) is 16.4. The summed E-state index contributed by atoms with van der Waals surface area (Å²) in [4.78, 5) is 31.4. The highest BCUT2D eigenvalue weighted by molar-refractivity contribution is 5.93. The highest BCUT2D eigenvalue weighted by atomic mass is 19.4. The highest BCUT2D eigenvalue weighted by Crippen LogP contribution is 2.45. The molecule has 8 rings (SSSR count). The van der Waals surface area contributed by atoms with E-state index in [4.69, 9.17) is 14.0 Å². The minimum absolute atomic E-state index is 0.0422. The first kappa shape index (κ1) is 31.7. The number of carbonyl (C=O) groups is 2. The first-order chi connectivity index (χ1) is 23.4. The lowest BCUT2D eigenvalue weighted by Crippen LogP contribution is -2.39. The molecule has 4 aromatic rings. The van der Waals surface area contributed by atoms with Crippen LogP contribution in [0.4, 0.5) is 22.0 Å². The van der Waals surface area contributed by atoms with Gasteiger partial charge in [-0.3, -0.25) is 9.59 Å². The summed E-state index contributed by atoms with van der Waals surface area (Å²) in [5.41, 5.74) is 0.0315. The maximum Gasteiger partial charge on any atom is 0.408 e. The Hall–Kier alpha value is -4.51. The predicted molar refractivity (Wildman–Crippen MR) is 155 cm³/mol. The minimum Gasteiger partial charge on any atom is -0.425 e. The van der Waals surface area contributed by atoms with Crippen LogP contribution in [-0.4, -0.2) is 65.1 Å². The number of hydrogen-bond donors (Lipinski definition) is 2. The van der Waals surface area contributed by atoms with E-state index in [1.54, 1.807) is 12.3 Å². The van der Waals surface area contributed by atoms with Crippen molar-refractivity contribution < 1.29 is 40.6 Å². The topological polar surface area (TPSA) is 166 Å². The highest BCUT2D eigenvalue weighted by Gasteiger charge is 2.56. The third-order valence-electron chi connectivity index (χ3n) is 10.1. The molecular weight excluding hydrogens is 657 g/mol. The van der Waals surface area contributed by atoms with Crippen molar-refractivity contribution in [1.82, 2.24) is 45.7 Å². The van der Waals surface area contributed by atoms with Crippen molar-refractivity contribution in [3.05, 3.63) is 52.9 Å². The number of halogens is 5. The molecule has 5 heterocycles. The summed E-state index contributed by atoms with van der Waals surface area (Å²) < 4.78 is 81.8. The molecule has 0 spiro atoms. The molecule has 260 valence electrons. The largest absolute Gasteiger partial charge is 0.425 e. The summed E-state index contributed by atoms with van der Waals surface area (Å²) in [6.07, 6.45) is 0.556. The summed E-state index contributed by atoms with van der Waals surface area (Å²) in [5, 5.41) is 25.2. The van der Waals surface area contributed by atoms with Crippen LogP contribution in [0.3, 0.4) is 0 Å². The van der Waals surface area contributed by atoms with Gasteiger partial charge in [0.1, 0.15) is 11.7 Å². The second-order valence-corrected chi connectivity index (χ2v) is 14.0. The fourth-order valence-electron chi connectivity index (χ4n) is 7.12. The Balaban J connectivity index is 1.08. The average molecular weight is 690 g/mol. The summed E-state index contributed by atoms with van der Waals surface area (Å²) in [6, 6.07) is -1.22. The molecule has 0 bridgehead atoms. The lowest BCUT2D eigenvalue weighted by atomic mass is 9.76. The van der Waals surface area contributed by atoms with Gasteiger partial charge in [-0.1, -0.05) is 5.16 Å². The second kappa shape index (κ2) is 11.5. The van der Waals surface area contributed by atoms with Crippen molar-refractivity contribution in [2.45, 2.75) is 107 Å². The van der Waals surface area contributed by atoms with Gasteiger partial charge in [-0.25, -0.2) is 22.9 Å². The van der Waals surface area contributed by atoms with Crippen LogP contribution < -0.4 is 10.6 Å². The van der Waals surface area contributed by atoms with Gasteiger partial charge in [0.2, 0.25) is 23.6 Å². The Kier molecular flexibility index (Phi) is 7.47. The molecule has 0 unspecified atom stereocenters. The van der Waals surface area contributed by atoms with Crippen molar-refractivity contribution in [3.63, 3.8) is 0 Å². The molecule has 3 atom stereocenters. The number of carbonyl (C=O) groups excluding carboxylic acids is 2. The molecule has 2 N–H and O–H groups in total. The quantitative estimate of drug-likeness (QED) is 0.222. The van der Waals surface area contributed by atoms with E-state index in [1.807, 2.05) is 0 Å². The second-order valence-electron chi connectivity index (χ2n) is 14.0. The van der Waals surface area contributed by atoms with E-state index in [0.29, 0.717) is 28.5 Å². The molecule has 1 saturated heterocycles. The van der Waals surface area contributed by atoms with Crippen molar-refractivity contribution >= 4 is 17.5 Å². The number of alkyl halides is 5. The minimum atomic E-state index is -4.66. The molecule has 4 aliphatic rings. The van der Waals surface area contributed by atoms with Crippen molar-refractivity contribution in [2.75, 3.05) is 0 Å². The predicted octanol–water partition coefficient (Wildman–Crippen LogP) is 4.77. The Morgan fingerprint density at radius 3 is 2.51 bits per heavy atom. The van der Waals surface area contributed by atoms with Crippen LogP contribution in [0, 0.1) is 11.3 Å². The van der Waals surface area contributed by atoms with Gasteiger partial charge in [0, 0.05) is 31.1 Å². The fraction of sp³-hybridized carbons (Fsp3) is 0.613. The Morgan fingerprint density at radius 1 is 1.06 bits per heavy atom. The van der Waals surface area contributed by atoms with E-state index in [-0.39, 0.29) is 67.9 Å². The van der Waals surface area contributed by atoms with Crippen molar-refractivity contribution in [2.24, 2.45) is 11.3 Å². The molecule has 4 aromatic heterocycles. The van der Waals surface area contributed by atoms with Gasteiger partial charge in [0.05, 0.1) is 29.5 Å². The zero-order chi connectivity index (χ0) is 34.1. The lowest BCUT2D eigenvalue weighted by molar-refractivity contribution is -0.155. The van der Waals surface area contributed by atoms with E-state index in [1.165, 1.54) is 10.7 Å². The SMILES string of the molecule is O=C(N[C@H](c1cn2ncc(C[C@@]3(Cc4nnc(C5CC5)o4)C[C@@H](C(F)(F)F)NC3=O)cc2n1)C1CCC(F)(F)CC1)c1nonc1C1CC1. The summed E-state index contributed by atoms with van der Waals surface area (Å²) >= 11 is 0. The number of imidazole rings is 1. The normalized spacial score (nSPS) is 25.1. The number of nitrogens with zero attached hydrogens (tertiary/aromatic N) is 7. The van der Waals surface area contributed by atoms with Crippen LogP contribution >= 0.6 is 0 Å². The van der Waals surface area contributed by atoms with Crippen LogP contribution in [0.15, 0.2) is 27.5 Å². The molecule has 3 aliphatic carbocycles. The number of amides is 2. The number of aromatic nitrogens is 7. The van der Waals surface area contributed by atoms with Gasteiger partial charge in [-0.05, 0) is 74.1 Å². The van der Waals surface area contributed by atoms with Crippen molar-refractivity contribution in [3.8, 4) is 0 Å². The molecule has 1 aliphatic heterocycles. The molecular formula is C31H32F5N9O4. The Morgan fingerprint density at radius 2 is 1.82 bits per heavy atom. The maximum atomic E-state index is 14.1. The third-order valence-corrected chi connectivity index (χ3v) is 10.1. The van der Waals surface area contributed by atoms with Crippen LogP contribution in [-0.2, 0) is 17.6 Å². The van der Waals surface area contributed by atoms with E-state index < -0.39 is 47.8 Å². The number of hydrogen-bond acceptors (Lipinski definition) is 10. The Bertz CT molecular complexity index is 1890. The lowest BCUT2D eigenvalue weighted by Gasteiger charge is -2.33. The third kappa shape index (κ3) is 6.36. The number of nitrogens with one attached hydrogen (secondary N) is 2. The molecule has 2 amide bonds. The molecule has 0 aromatic carbocycles. The maximum absolute atomic E-state index is 14.1. The van der Waals surface area contributed by atoms with E-state index in [9.17, 15) is 31.5 Å². The van der Waals surface area contributed by atoms with E-state index in [0.717, 1.165) is 25.7 Å². The number of fused-ring (bicyclic) bond motifs is 1. The van der Waals surface area contributed by atoms with Crippen LogP contribution in [0.2, 0.25) is 0 Å². The van der Waals surface area contributed by atoms with Crippen LogP contribution in [0.25, 0.3) is 5.65 Å². The Labute approximate surface area is 274 Å². The monoisotopic (exact) mass is 689 g/mol. The molecule has 4 fully saturated rings. The van der Waals surface area contributed by atoms with Gasteiger partial charge in [-0.2, -0.15) is 18.3 Å². The smallest absolute Gasteiger partial charge is 0.408 e. The van der Waals surface area contributed by atoms with Gasteiger partial charge in [-0.15, -0.1) is 10.2 Å². The zero-order valence-electron chi connectivity index (χ0n) is 26.1. The van der Waals surface area contributed by atoms with Crippen LogP contribution in [0.1, 0.15) is 115 Å². The molecule has 0 radical (unpaired) electrons. The first-order valence-electron chi connectivity index (χ1n) is 16.4. The molecule has 3 saturated carbocycles. The van der Waals surface area contributed by atoms with Gasteiger partial charge in [0.25, 0.3) is 5.91 Å². The summed E-state index contributed by atoms with van der Waals surface area (Å²) in [7, 11) is 0. The van der Waals surface area contributed by atoms with Gasteiger partial charge < -0.3 is 15.1 Å². The molecule has 18 heteroatoms. The van der Waals surface area contributed by atoms with E-state index >= 15 is 0 Å². The average Bonchev–Trinajstić information content (AvgIpc) is 3.89. The summed E-state index contributed by atoms with van der Waals surface area (Å²) in [6.45, 7) is 0. The molecule has 49 heavy (non-hydrogen) atoms. The zero-order valence-corrected chi connectivity index (χ0v) is 26.1. The number of rotatable bonds is 10. The summed E-state index contributed by atoms with van der Waals surface area (Å²) in [5.74, 6) is -3.82. The van der Waals surface area contributed by atoms with Gasteiger partial charge >= 0.3 is 6.18 Å². The molecule has 13 nitrogen and oxygen atoms in total. The van der Waals surface area contributed by atoms with E-state index in [2.05, 4.69) is 36.2 Å². The van der Waals surface area contributed by atoms with Crippen molar-refractivity contribution in [1.29, 1.82) is 0 Å².